The Hall–Kier alpha value is -1.03. The first-order valence-electron chi connectivity index (χ1n) is 9.56. The summed E-state index contributed by atoms with van der Waals surface area (Å²) in [5.74, 6) is 0. The van der Waals surface area contributed by atoms with Gasteiger partial charge in [0.2, 0.25) is 9.76 Å². The van der Waals surface area contributed by atoms with Crippen molar-refractivity contribution >= 4 is 29.1 Å². The zero-order valence-electron chi connectivity index (χ0n) is 18.4. The fraction of sp³-hybridized carbons (Fsp3) is 0.700. The van der Waals surface area contributed by atoms with Crippen molar-refractivity contribution in [2.45, 2.75) is 77.2 Å². The van der Waals surface area contributed by atoms with Gasteiger partial charge < -0.3 is 13.4 Å². The third-order valence-electron chi connectivity index (χ3n) is 5.24. The Morgan fingerprint density at radius 3 is 2.33 bits per heavy atom. The molecule has 0 aliphatic carbocycles. The molecule has 0 aromatic carbocycles. The molecule has 0 spiro atoms. The maximum atomic E-state index is 6.61. The van der Waals surface area contributed by atoms with Crippen LogP contribution in [-0.4, -0.2) is 45.8 Å². The molecule has 2 aromatic rings. The molecular formula is C20H35N3O2Si2. The summed E-state index contributed by atoms with van der Waals surface area (Å²) in [5, 5.41) is 1.36. The first-order chi connectivity index (χ1) is 12.3. The second-order valence-electron chi connectivity index (χ2n) is 10.2. The lowest BCUT2D eigenvalue weighted by Crippen LogP contribution is -2.48. The highest BCUT2D eigenvalue weighted by molar-refractivity contribution is 6.74. The molecule has 0 fully saturated rings. The number of nitrogens with zero attached hydrogens (tertiary/aromatic N) is 3. The predicted octanol–water partition coefficient (Wildman–Crippen LogP) is 5.02. The Kier molecular flexibility index (Phi) is 6.41. The summed E-state index contributed by atoms with van der Waals surface area (Å²) in [6, 6.07) is 2.06. The number of hydrogen-bond acceptors (Lipinski definition) is 4. The van der Waals surface area contributed by atoms with E-state index in [1.807, 2.05) is 6.20 Å². The maximum Gasteiger partial charge on any atom is 0.235 e. The SMILES string of the molecule is CC(C)(C)[Si]OCC(C)(CO[Si](C)(C)C(C)(C)C)n1ccc2cncnc21. The average molecular weight is 406 g/mol. The molecule has 7 heteroatoms. The van der Waals surface area contributed by atoms with E-state index < -0.39 is 8.32 Å². The van der Waals surface area contributed by atoms with E-state index in [0.29, 0.717) is 23.0 Å². The minimum atomic E-state index is -1.87. The standard InChI is InChI=1S/C20H35N3O2Si2/c1-18(2,3)26-24-13-20(7,14-25-27(8,9)19(4,5)6)23-11-10-16-12-21-15-22-17(16)23/h10-12,15H,13-14H2,1-9H3. The van der Waals surface area contributed by atoms with Crippen LogP contribution in [0, 0.1) is 0 Å². The zero-order chi connectivity index (χ0) is 20.5. The Morgan fingerprint density at radius 1 is 1.07 bits per heavy atom. The summed E-state index contributed by atoms with van der Waals surface area (Å²) < 4.78 is 15.0. The first kappa shape index (κ1) is 22.3. The molecule has 0 saturated carbocycles. The second kappa shape index (κ2) is 7.77. The molecular weight excluding hydrogens is 370 g/mol. The van der Waals surface area contributed by atoms with Gasteiger partial charge in [0.05, 0.1) is 18.8 Å². The van der Waals surface area contributed by atoms with Crippen LogP contribution in [0.4, 0.5) is 0 Å². The molecule has 2 radical (unpaired) electrons. The highest BCUT2D eigenvalue weighted by Crippen LogP contribution is 2.38. The normalized spacial score (nSPS) is 15.9. The summed E-state index contributed by atoms with van der Waals surface area (Å²) >= 11 is 0. The first-order valence-corrected chi connectivity index (χ1v) is 13.4. The lowest BCUT2D eigenvalue weighted by Gasteiger charge is -2.40. The monoisotopic (exact) mass is 405 g/mol. The molecule has 0 aliphatic rings. The van der Waals surface area contributed by atoms with Crippen molar-refractivity contribution in [2.75, 3.05) is 13.2 Å². The van der Waals surface area contributed by atoms with Gasteiger partial charge in [0.15, 0.2) is 8.32 Å². The largest absolute Gasteiger partial charge is 0.414 e. The van der Waals surface area contributed by atoms with Gasteiger partial charge >= 0.3 is 0 Å². The van der Waals surface area contributed by atoms with Crippen molar-refractivity contribution in [2.24, 2.45) is 0 Å². The van der Waals surface area contributed by atoms with E-state index in [0.717, 1.165) is 11.0 Å². The third-order valence-corrected chi connectivity index (χ3v) is 10.6. The van der Waals surface area contributed by atoms with Crippen LogP contribution in [0.5, 0.6) is 0 Å². The van der Waals surface area contributed by atoms with Gasteiger partial charge in [0.1, 0.15) is 12.0 Å². The molecule has 2 heterocycles. The number of rotatable bonds is 7. The van der Waals surface area contributed by atoms with E-state index in [1.165, 1.54) is 0 Å². The van der Waals surface area contributed by atoms with Crippen molar-refractivity contribution < 1.29 is 8.85 Å². The lowest BCUT2D eigenvalue weighted by molar-refractivity contribution is 0.0971. The minimum Gasteiger partial charge on any atom is -0.414 e. The highest BCUT2D eigenvalue weighted by atomic mass is 28.4. The van der Waals surface area contributed by atoms with Gasteiger partial charge in [-0.25, -0.2) is 9.97 Å². The topological polar surface area (TPSA) is 49.2 Å². The molecule has 1 atom stereocenters. The smallest absolute Gasteiger partial charge is 0.235 e. The van der Waals surface area contributed by atoms with Gasteiger partial charge in [-0.2, -0.15) is 0 Å². The quantitative estimate of drug-likeness (QED) is 0.607. The van der Waals surface area contributed by atoms with Gasteiger partial charge in [-0.1, -0.05) is 41.5 Å². The van der Waals surface area contributed by atoms with Gasteiger partial charge in [-0.15, -0.1) is 0 Å². The van der Waals surface area contributed by atoms with Crippen molar-refractivity contribution in [3.63, 3.8) is 0 Å². The van der Waals surface area contributed by atoms with E-state index in [-0.39, 0.29) is 15.6 Å². The molecule has 0 amide bonds. The number of hydrogen-bond donors (Lipinski definition) is 0. The van der Waals surface area contributed by atoms with Gasteiger partial charge in [-0.3, -0.25) is 0 Å². The Labute approximate surface area is 168 Å². The highest BCUT2D eigenvalue weighted by Gasteiger charge is 2.40. The predicted molar refractivity (Wildman–Crippen MR) is 116 cm³/mol. The van der Waals surface area contributed by atoms with Crippen molar-refractivity contribution in [3.8, 4) is 0 Å². The van der Waals surface area contributed by atoms with Crippen LogP contribution in [0.2, 0.25) is 23.2 Å². The van der Waals surface area contributed by atoms with E-state index in [9.17, 15) is 0 Å². The van der Waals surface area contributed by atoms with Crippen LogP contribution in [-0.2, 0) is 14.4 Å². The average Bonchev–Trinajstić information content (AvgIpc) is 2.95. The number of aromatic nitrogens is 3. The molecule has 2 aromatic heterocycles. The van der Waals surface area contributed by atoms with Crippen molar-refractivity contribution in [3.05, 3.63) is 24.8 Å². The lowest BCUT2D eigenvalue weighted by atomic mass is 10.1. The number of fused-ring (bicyclic) bond motifs is 1. The van der Waals surface area contributed by atoms with Crippen molar-refractivity contribution in [1.82, 2.24) is 14.5 Å². The Bertz CT molecular complexity index is 762. The Morgan fingerprint density at radius 2 is 1.74 bits per heavy atom. The van der Waals surface area contributed by atoms with E-state index in [4.69, 9.17) is 8.85 Å². The summed E-state index contributed by atoms with van der Waals surface area (Å²) in [6.07, 6.45) is 5.54. The molecule has 5 nitrogen and oxygen atoms in total. The molecule has 0 bridgehead atoms. The van der Waals surface area contributed by atoms with Crippen LogP contribution in [0.15, 0.2) is 24.8 Å². The summed E-state index contributed by atoms with van der Waals surface area (Å²) in [4.78, 5) is 8.65. The molecule has 1 unspecified atom stereocenters. The molecule has 27 heavy (non-hydrogen) atoms. The fourth-order valence-corrected chi connectivity index (χ4v) is 4.38. The van der Waals surface area contributed by atoms with Crippen LogP contribution in [0.25, 0.3) is 11.0 Å². The molecule has 150 valence electrons. The Balaban J connectivity index is 2.31. The maximum absolute atomic E-state index is 6.61. The second-order valence-corrected chi connectivity index (χ2v) is 17.0. The van der Waals surface area contributed by atoms with Gasteiger partial charge in [-0.05, 0) is 36.2 Å². The third kappa shape index (κ3) is 5.50. The van der Waals surface area contributed by atoms with E-state index in [1.54, 1.807) is 6.33 Å². The zero-order valence-corrected chi connectivity index (χ0v) is 20.4. The fourth-order valence-electron chi connectivity index (χ4n) is 2.46. The molecule has 0 saturated heterocycles. The van der Waals surface area contributed by atoms with Gasteiger partial charge in [0.25, 0.3) is 0 Å². The summed E-state index contributed by atoms with van der Waals surface area (Å²) in [6.45, 7) is 21.4. The summed E-state index contributed by atoms with van der Waals surface area (Å²) in [5.41, 5.74) is 0.596. The van der Waals surface area contributed by atoms with Gasteiger partial charge in [0, 0.05) is 17.8 Å². The van der Waals surface area contributed by atoms with Crippen LogP contribution >= 0.6 is 0 Å². The van der Waals surface area contributed by atoms with E-state index in [2.05, 4.69) is 88.4 Å². The van der Waals surface area contributed by atoms with Crippen LogP contribution in [0.3, 0.4) is 0 Å². The molecule has 0 N–H and O–H groups in total. The van der Waals surface area contributed by atoms with Crippen LogP contribution < -0.4 is 0 Å². The van der Waals surface area contributed by atoms with E-state index >= 15 is 0 Å². The summed E-state index contributed by atoms with van der Waals surface area (Å²) in [7, 11) is -1.43. The molecule has 2 rings (SSSR count). The van der Waals surface area contributed by atoms with Crippen molar-refractivity contribution in [1.29, 1.82) is 0 Å². The van der Waals surface area contributed by atoms with Crippen LogP contribution in [0.1, 0.15) is 48.5 Å². The minimum absolute atomic E-state index is 0.155. The molecule has 0 aliphatic heterocycles.